The van der Waals surface area contributed by atoms with E-state index in [-0.39, 0.29) is 4.90 Å². The highest BCUT2D eigenvalue weighted by atomic mass is 32.2. The normalized spacial score (nSPS) is 11.9. The van der Waals surface area contributed by atoms with Gasteiger partial charge >= 0.3 is 0 Å². The average molecular weight is 347 g/mol. The standard InChI is InChI=1S/C17H21N3O3S/c1-12-6-8-15(9-7-12)24(22,23)20(5)17(21)11-10-16-13(2)18-19(4)14(16)3/h6-11H,1-5H3/b11-10+. The largest absolute Gasteiger partial charge is 0.272 e. The van der Waals surface area contributed by atoms with Crippen LogP contribution in [0.5, 0.6) is 0 Å². The lowest BCUT2D eigenvalue weighted by atomic mass is 10.2. The van der Waals surface area contributed by atoms with E-state index in [0.717, 1.165) is 26.8 Å². The van der Waals surface area contributed by atoms with Gasteiger partial charge in [0.05, 0.1) is 10.6 Å². The molecular weight excluding hydrogens is 326 g/mol. The van der Waals surface area contributed by atoms with Gasteiger partial charge < -0.3 is 0 Å². The van der Waals surface area contributed by atoms with E-state index in [9.17, 15) is 13.2 Å². The minimum absolute atomic E-state index is 0.0890. The highest BCUT2D eigenvalue weighted by Crippen LogP contribution is 2.17. The molecule has 0 aliphatic rings. The van der Waals surface area contributed by atoms with Gasteiger partial charge in [0.1, 0.15) is 0 Å². The van der Waals surface area contributed by atoms with E-state index in [0.29, 0.717) is 0 Å². The third kappa shape index (κ3) is 3.41. The van der Waals surface area contributed by atoms with Gasteiger partial charge in [0.2, 0.25) is 0 Å². The second-order valence-corrected chi connectivity index (χ2v) is 7.63. The van der Waals surface area contributed by atoms with Crippen LogP contribution in [0.2, 0.25) is 0 Å². The number of carbonyl (C=O) groups is 1. The van der Waals surface area contributed by atoms with Crippen molar-refractivity contribution in [2.24, 2.45) is 7.05 Å². The monoisotopic (exact) mass is 347 g/mol. The summed E-state index contributed by atoms with van der Waals surface area (Å²) in [5.74, 6) is -0.613. The number of likely N-dealkylation sites (N-methyl/N-ethyl adjacent to an activating group) is 1. The van der Waals surface area contributed by atoms with E-state index in [2.05, 4.69) is 5.10 Å². The van der Waals surface area contributed by atoms with E-state index in [1.165, 1.54) is 25.3 Å². The molecule has 0 spiro atoms. The summed E-state index contributed by atoms with van der Waals surface area (Å²) in [7, 11) is -0.793. The number of aryl methyl sites for hydroxylation is 3. The SMILES string of the molecule is Cc1ccc(S(=O)(=O)N(C)C(=O)/C=C/c2c(C)nn(C)c2C)cc1. The predicted molar refractivity (Wildman–Crippen MR) is 92.9 cm³/mol. The number of hydrogen-bond donors (Lipinski definition) is 0. The van der Waals surface area contributed by atoms with Crippen molar-refractivity contribution in [1.29, 1.82) is 0 Å². The second-order valence-electron chi connectivity index (χ2n) is 5.67. The van der Waals surface area contributed by atoms with Crippen molar-refractivity contribution in [2.45, 2.75) is 25.7 Å². The number of carbonyl (C=O) groups excluding carboxylic acids is 1. The van der Waals surface area contributed by atoms with Gasteiger partial charge in [0, 0.05) is 31.4 Å². The van der Waals surface area contributed by atoms with Gasteiger partial charge in [0.25, 0.3) is 15.9 Å². The molecule has 7 heteroatoms. The van der Waals surface area contributed by atoms with Crippen LogP contribution in [0, 0.1) is 20.8 Å². The maximum atomic E-state index is 12.5. The quantitative estimate of drug-likeness (QED) is 0.795. The maximum absolute atomic E-state index is 12.5. The topological polar surface area (TPSA) is 72.3 Å². The first-order chi connectivity index (χ1) is 11.1. The third-order valence-corrected chi connectivity index (χ3v) is 5.72. The lowest BCUT2D eigenvalue weighted by Crippen LogP contribution is -2.31. The highest BCUT2D eigenvalue weighted by Gasteiger charge is 2.24. The van der Waals surface area contributed by atoms with Crippen molar-refractivity contribution >= 4 is 22.0 Å². The van der Waals surface area contributed by atoms with Gasteiger partial charge in [-0.1, -0.05) is 17.7 Å². The van der Waals surface area contributed by atoms with Gasteiger partial charge in [-0.15, -0.1) is 0 Å². The molecule has 1 aromatic carbocycles. The van der Waals surface area contributed by atoms with Crippen LogP contribution in [0.1, 0.15) is 22.5 Å². The number of benzene rings is 1. The molecule has 0 atom stereocenters. The Balaban J connectivity index is 2.25. The Labute approximate surface area is 142 Å². The first-order valence-corrected chi connectivity index (χ1v) is 8.86. The fourth-order valence-electron chi connectivity index (χ4n) is 2.28. The van der Waals surface area contributed by atoms with Crippen LogP contribution in [-0.4, -0.2) is 35.5 Å². The van der Waals surface area contributed by atoms with Gasteiger partial charge in [0.15, 0.2) is 0 Å². The number of sulfonamides is 1. The summed E-state index contributed by atoms with van der Waals surface area (Å²) < 4.78 is 27.4. The molecule has 0 saturated carbocycles. The first kappa shape index (κ1) is 17.9. The van der Waals surface area contributed by atoms with Crippen LogP contribution in [0.4, 0.5) is 0 Å². The lowest BCUT2D eigenvalue weighted by Gasteiger charge is -2.15. The molecule has 0 radical (unpaired) electrons. The van der Waals surface area contributed by atoms with Crippen LogP contribution < -0.4 is 0 Å². The van der Waals surface area contributed by atoms with Crippen LogP contribution in [0.3, 0.4) is 0 Å². The Morgan fingerprint density at radius 2 is 1.75 bits per heavy atom. The summed E-state index contributed by atoms with van der Waals surface area (Å²) in [6.07, 6.45) is 2.85. The van der Waals surface area contributed by atoms with Gasteiger partial charge in [-0.2, -0.15) is 5.10 Å². The van der Waals surface area contributed by atoms with Crippen molar-refractivity contribution < 1.29 is 13.2 Å². The van der Waals surface area contributed by atoms with Crippen LogP contribution in [-0.2, 0) is 21.9 Å². The van der Waals surface area contributed by atoms with Crippen molar-refractivity contribution in [2.75, 3.05) is 7.05 Å². The zero-order chi connectivity index (χ0) is 18.1. The highest BCUT2D eigenvalue weighted by molar-refractivity contribution is 7.89. The summed E-state index contributed by atoms with van der Waals surface area (Å²) >= 11 is 0. The Bertz CT molecular complexity index is 894. The Morgan fingerprint density at radius 1 is 1.17 bits per heavy atom. The van der Waals surface area contributed by atoms with Crippen LogP contribution in [0.25, 0.3) is 6.08 Å². The molecule has 2 aromatic rings. The molecule has 1 heterocycles. The van der Waals surface area contributed by atoms with E-state index in [4.69, 9.17) is 0 Å². The molecule has 1 aromatic heterocycles. The molecule has 0 fully saturated rings. The zero-order valence-electron chi connectivity index (χ0n) is 14.4. The number of aromatic nitrogens is 2. The molecule has 2 rings (SSSR count). The van der Waals surface area contributed by atoms with Crippen LogP contribution >= 0.6 is 0 Å². The third-order valence-electron chi connectivity index (χ3n) is 3.95. The summed E-state index contributed by atoms with van der Waals surface area (Å²) in [5.41, 5.74) is 3.45. The van der Waals surface area contributed by atoms with Crippen molar-refractivity contribution in [3.8, 4) is 0 Å². The van der Waals surface area contributed by atoms with E-state index in [1.807, 2.05) is 27.8 Å². The number of nitrogens with zero attached hydrogens (tertiary/aromatic N) is 3. The molecular formula is C17H21N3O3S. The van der Waals surface area contributed by atoms with Gasteiger partial charge in [-0.25, -0.2) is 12.7 Å². The first-order valence-electron chi connectivity index (χ1n) is 7.42. The van der Waals surface area contributed by atoms with Crippen molar-refractivity contribution in [3.05, 3.63) is 52.9 Å². The second kappa shape index (κ2) is 6.60. The number of hydrogen-bond acceptors (Lipinski definition) is 4. The fraction of sp³-hybridized carbons (Fsp3) is 0.294. The zero-order valence-corrected chi connectivity index (χ0v) is 15.3. The smallest absolute Gasteiger partial charge is 0.266 e. The molecule has 1 amide bonds. The summed E-state index contributed by atoms with van der Waals surface area (Å²) in [6.45, 7) is 5.59. The number of rotatable bonds is 4. The molecule has 0 bridgehead atoms. The Morgan fingerprint density at radius 3 is 2.25 bits per heavy atom. The minimum atomic E-state index is -3.86. The molecule has 0 unspecified atom stereocenters. The molecule has 24 heavy (non-hydrogen) atoms. The summed E-state index contributed by atoms with van der Waals surface area (Å²) in [4.78, 5) is 12.4. The molecule has 6 nitrogen and oxygen atoms in total. The molecule has 128 valence electrons. The molecule has 0 N–H and O–H groups in total. The number of amides is 1. The van der Waals surface area contributed by atoms with E-state index >= 15 is 0 Å². The summed E-state index contributed by atoms with van der Waals surface area (Å²) in [6, 6.07) is 6.38. The summed E-state index contributed by atoms with van der Waals surface area (Å²) in [5, 5.41) is 4.26. The fourth-order valence-corrected chi connectivity index (χ4v) is 3.37. The van der Waals surface area contributed by atoms with Gasteiger partial charge in [-0.3, -0.25) is 9.48 Å². The van der Waals surface area contributed by atoms with Crippen molar-refractivity contribution in [1.82, 2.24) is 14.1 Å². The van der Waals surface area contributed by atoms with Crippen LogP contribution in [0.15, 0.2) is 35.2 Å². The maximum Gasteiger partial charge on any atom is 0.266 e. The van der Waals surface area contributed by atoms with Crippen molar-refractivity contribution in [3.63, 3.8) is 0 Å². The van der Waals surface area contributed by atoms with E-state index in [1.54, 1.807) is 22.9 Å². The Kier molecular flexibility index (Phi) is 4.94. The average Bonchev–Trinajstić information content (AvgIpc) is 2.77. The minimum Gasteiger partial charge on any atom is -0.272 e. The predicted octanol–water partition coefficient (Wildman–Crippen LogP) is 2.21. The molecule has 0 aliphatic heterocycles. The Hall–Kier alpha value is -2.41. The molecule has 0 aliphatic carbocycles. The van der Waals surface area contributed by atoms with E-state index < -0.39 is 15.9 Å². The lowest BCUT2D eigenvalue weighted by molar-refractivity contribution is -0.120. The van der Waals surface area contributed by atoms with Gasteiger partial charge in [-0.05, 0) is 39.0 Å². The molecule has 0 saturated heterocycles.